The van der Waals surface area contributed by atoms with Crippen molar-refractivity contribution in [2.45, 2.75) is 26.9 Å². The molecule has 1 aliphatic rings. The summed E-state index contributed by atoms with van der Waals surface area (Å²) in [7, 11) is 1.57. The second-order valence-electron chi connectivity index (χ2n) is 6.49. The van der Waals surface area contributed by atoms with Crippen LogP contribution in [0.15, 0.2) is 47.4 Å². The predicted octanol–water partition coefficient (Wildman–Crippen LogP) is 5.29. The summed E-state index contributed by atoms with van der Waals surface area (Å²) in [6, 6.07) is 13.0. The highest BCUT2D eigenvalue weighted by atomic mass is 32.2. The van der Waals surface area contributed by atoms with Crippen molar-refractivity contribution in [1.29, 1.82) is 0 Å². The highest BCUT2D eigenvalue weighted by Gasteiger charge is 2.34. The van der Waals surface area contributed by atoms with Crippen molar-refractivity contribution >= 4 is 46.0 Å². The van der Waals surface area contributed by atoms with E-state index in [9.17, 15) is 4.79 Å². The van der Waals surface area contributed by atoms with Gasteiger partial charge in [-0.25, -0.2) is 0 Å². The maximum Gasteiger partial charge on any atom is 0.270 e. The third-order valence-corrected chi connectivity index (χ3v) is 5.35. The van der Waals surface area contributed by atoms with Crippen molar-refractivity contribution in [3.05, 3.63) is 52.9 Å². The lowest BCUT2D eigenvalue weighted by atomic mass is 10.1. The Morgan fingerprint density at radius 2 is 1.90 bits per heavy atom. The molecule has 3 rings (SSSR count). The average Bonchev–Trinajstić information content (AvgIpc) is 2.96. The first kappa shape index (κ1) is 21.2. The van der Waals surface area contributed by atoms with Crippen LogP contribution < -0.4 is 19.1 Å². The third-order valence-electron chi connectivity index (χ3n) is 4.05. The van der Waals surface area contributed by atoms with Crippen molar-refractivity contribution < 1.29 is 19.0 Å². The molecule has 1 amide bonds. The zero-order chi connectivity index (χ0) is 21.0. The van der Waals surface area contributed by atoms with Crippen LogP contribution in [-0.2, 0) is 4.79 Å². The summed E-state index contributed by atoms with van der Waals surface area (Å²) in [6.07, 6.45) is 1.85. The Morgan fingerprint density at radius 1 is 1.14 bits per heavy atom. The van der Waals surface area contributed by atoms with E-state index in [1.165, 1.54) is 16.7 Å². The lowest BCUT2D eigenvalue weighted by Crippen LogP contribution is -2.27. The van der Waals surface area contributed by atoms with E-state index >= 15 is 0 Å². The Balaban J connectivity index is 1.92. The highest BCUT2D eigenvalue weighted by molar-refractivity contribution is 8.27. The maximum absolute atomic E-state index is 13.0. The molecule has 1 fully saturated rings. The first-order valence-corrected chi connectivity index (χ1v) is 10.5. The molecule has 1 saturated heterocycles. The Labute approximate surface area is 180 Å². The number of carbonyl (C=O) groups excluding carboxylic acids is 1. The van der Waals surface area contributed by atoms with Crippen molar-refractivity contribution in [2.24, 2.45) is 0 Å². The number of benzene rings is 2. The van der Waals surface area contributed by atoms with Gasteiger partial charge in [-0.15, -0.1) is 0 Å². The number of amides is 1. The molecule has 5 nitrogen and oxygen atoms in total. The fraction of sp³-hybridized carbons (Fsp3) is 0.273. The van der Waals surface area contributed by atoms with Crippen molar-refractivity contribution in [3.63, 3.8) is 0 Å². The monoisotopic (exact) mass is 429 g/mol. The number of hydrogen-bond donors (Lipinski definition) is 0. The normalized spacial score (nSPS) is 15.3. The van der Waals surface area contributed by atoms with E-state index in [4.69, 9.17) is 26.4 Å². The molecular formula is C22H23NO4S2. The Kier molecular flexibility index (Phi) is 6.82. The minimum Gasteiger partial charge on any atom is -0.495 e. The number of anilines is 1. The molecule has 0 spiro atoms. The molecule has 29 heavy (non-hydrogen) atoms. The smallest absolute Gasteiger partial charge is 0.270 e. The van der Waals surface area contributed by atoms with Crippen molar-refractivity contribution in [2.75, 3.05) is 18.6 Å². The number of methoxy groups -OCH3 is 1. The van der Waals surface area contributed by atoms with Gasteiger partial charge in [-0.05, 0) is 56.7 Å². The number of rotatable bonds is 7. The van der Waals surface area contributed by atoms with Crippen LogP contribution in [0.5, 0.6) is 17.2 Å². The van der Waals surface area contributed by atoms with Crippen LogP contribution in [0.1, 0.15) is 26.3 Å². The van der Waals surface area contributed by atoms with Crippen LogP contribution in [0, 0.1) is 0 Å². The van der Waals surface area contributed by atoms with Gasteiger partial charge >= 0.3 is 0 Å². The summed E-state index contributed by atoms with van der Waals surface area (Å²) in [6.45, 7) is 6.37. The molecular weight excluding hydrogens is 406 g/mol. The van der Waals surface area contributed by atoms with Crippen molar-refractivity contribution in [1.82, 2.24) is 0 Å². The minimum absolute atomic E-state index is 0.0390. The van der Waals surface area contributed by atoms with Gasteiger partial charge in [0.1, 0.15) is 5.75 Å². The number of ether oxygens (including phenoxy) is 3. The summed E-state index contributed by atoms with van der Waals surface area (Å²) in [5.41, 5.74) is 1.47. The average molecular weight is 430 g/mol. The highest BCUT2D eigenvalue weighted by Crippen LogP contribution is 2.40. The van der Waals surface area contributed by atoms with E-state index in [1.807, 2.05) is 63.2 Å². The van der Waals surface area contributed by atoms with E-state index in [1.54, 1.807) is 13.2 Å². The molecule has 0 radical (unpaired) electrons. The Bertz CT molecular complexity index is 956. The predicted molar refractivity (Wildman–Crippen MR) is 122 cm³/mol. The molecule has 2 aromatic rings. The van der Waals surface area contributed by atoms with Gasteiger partial charge in [-0.3, -0.25) is 9.69 Å². The molecule has 152 valence electrons. The number of hydrogen-bond acceptors (Lipinski definition) is 6. The summed E-state index contributed by atoms with van der Waals surface area (Å²) >= 11 is 6.73. The van der Waals surface area contributed by atoms with E-state index in [2.05, 4.69) is 0 Å². The zero-order valence-corrected chi connectivity index (χ0v) is 18.4. The van der Waals surface area contributed by atoms with E-state index in [0.29, 0.717) is 38.8 Å². The number of thioether (sulfide) groups is 1. The van der Waals surface area contributed by atoms with Crippen LogP contribution >= 0.6 is 24.0 Å². The molecule has 0 N–H and O–H groups in total. The van der Waals surface area contributed by atoms with Gasteiger partial charge in [-0.2, -0.15) is 0 Å². The van der Waals surface area contributed by atoms with Gasteiger partial charge in [0, 0.05) is 0 Å². The molecule has 7 heteroatoms. The molecule has 0 saturated carbocycles. The molecule has 0 aliphatic carbocycles. The van der Waals surface area contributed by atoms with Gasteiger partial charge in [0.05, 0.1) is 30.4 Å². The lowest BCUT2D eigenvalue weighted by Gasteiger charge is -2.17. The van der Waals surface area contributed by atoms with E-state index in [-0.39, 0.29) is 12.0 Å². The van der Waals surface area contributed by atoms with Crippen LogP contribution in [0.3, 0.4) is 0 Å². The molecule has 0 unspecified atom stereocenters. The topological polar surface area (TPSA) is 48.0 Å². The quantitative estimate of drug-likeness (QED) is 0.440. The summed E-state index contributed by atoms with van der Waals surface area (Å²) in [4.78, 5) is 15.1. The first-order chi connectivity index (χ1) is 13.9. The van der Waals surface area contributed by atoms with Gasteiger partial charge in [-0.1, -0.05) is 42.2 Å². The van der Waals surface area contributed by atoms with Gasteiger partial charge in [0.15, 0.2) is 15.8 Å². The Hall–Kier alpha value is -2.51. The van der Waals surface area contributed by atoms with Crippen LogP contribution in [0.25, 0.3) is 6.08 Å². The second kappa shape index (κ2) is 9.33. The fourth-order valence-corrected chi connectivity index (χ4v) is 4.16. The Morgan fingerprint density at radius 3 is 2.59 bits per heavy atom. The summed E-state index contributed by atoms with van der Waals surface area (Å²) < 4.78 is 17.4. The van der Waals surface area contributed by atoms with Crippen LogP contribution in [0.2, 0.25) is 0 Å². The number of carbonyl (C=O) groups is 1. The van der Waals surface area contributed by atoms with E-state index < -0.39 is 0 Å². The molecule has 0 aromatic heterocycles. The number of nitrogens with zero attached hydrogens (tertiary/aromatic N) is 1. The third kappa shape index (κ3) is 4.74. The van der Waals surface area contributed by atoms with Gasteiger partial charge in [0.25, 0.3) is 5.91 Å². The van der Waals surface area contributed by atoms with Crippen LogP contribution in [-0.4, -0.2) is 30.0 Å². The molecule has 1 heterocycles. The number of para-hydroxylation sites is 2. The maximum atomic E-state index is 13.0. The van der Waals surface area contributed by atoms with Crippen LogP contribution in [0.4, 0.5) is 5.69 Å². The molecule has 1 aliphatic heterocycles. The lowest BCUT2D eigenvalue weighted by molar-refractivity contribution is -0.113. The van der Waals surface area contributed by atoms with E-state index in [0.717, 1.165) is 5.56 Å². The first-order valence-electron chi connectivity index (χ1n) is 9.29. The fourth-order valence-electron chi connectivity index (χ4n) is 2.88. The van der Waals surface area contributed by atoms with Crippen molar-refractivity contribution in [3.8, 4) is 17.2 Å². The molecule has 0 atom stereocenters. The molecule has 2 aromatic carbocycles. The minimum atomic E-state index is -0.176. The summed E-state index contributed by atoms with van der Waals surface area (Å²) in [5, 5.41) is 0. The molecule has 0 bridgehead atoms. The largest absolute Gasteiger partial charge is 0.495 e. The summed E-state index contributed by atoms with van der Waals surface area (Å²) in [5.74, 6) is 1.75. The SMILES string of the molecule is CCOc1cc(/C=C2/SC(=S)N(c3ccccc3OC)C2=O)ccc1OC(C)C. The number of thiocarbonyl (C=S) groups is 1. The zero-order valence-electron chi connectivity index (χ0n) is 16.8. The van der Waals surface area contributed by atoms with Gasteiger partial charge < -0.3 is 14.2 Å². The second-order valence-corrected chi connectivity index (χ2v) is 8.17. The standard InChI is InChI=1S/C22H23NO4S2/c1-5-26-19-12-15(10-11-18(19)27-14(2)3)13-20-21(24)23(22(28)29-20)16-8-6-7-9-17(16)25-4/h6-14H,5H2,1-4H3/b20-13+. The van der Waals surface area contributed by atoms with Gasteiger partial charge in [0.2, 0.25) is 0 Å².